The molecular formula is C29H32BNO2. The van der Waals surface area contributed by atoms with Crippen molar-refractivity contribution in [3.63, 3.8) is 0 Å². The van der Waals surface area contributed by atoms with Crippen LogP contribution in [0.1, 0.15) is 70.9 Å². The van der Waals surface area contributed by atoms with Crippen molar-refractivity contribution in [3.05, 3.63) is 72.1 Å². The normalized spacial score (nSPS) is 21.8. The fourth-order valence-electron chi connectivity index (χ4n) is 6.05. The van der Waals surface area contributed by atoms with Crippen LogP contribution in [0.5, 0.6) is 0 Å². The van der Waals surface area contributed by atoms with Gasteiger partial charge in [-0.3, -0.25) is 4.98 Å². The third-order valence-corrected chi connectivity index (χ3v) is 8.61. The molecule has 3 aromatic rings. The summed E-state index contributed by atoms with van der Waals surface area (Å²) in [5.74, 6) is 0. The molecule has 1 saturated heterocycles. The third-order valence-electron chi connectivity index (χ3n) is 8.61. The standard InChI is InChI=1S/C29H32BNO2/c1-27(2)28(3,4)33-30(32-27)22-11-13-25-24(18-22)23-12-10-20(21-9-8-16-31-19-21)17-26(23)29(25)14-6-5-7-15-29/h8-13,16-19H,5-7,14-15H2,1-4H3. The van der Waals surface area contributed by atoms with Crippen molar-refractivity contribution in [2.45, 2.75) is 76.4 Å². The SMILES string of the molecule is CC1(C)OB(c2ccc3c(c2)-c2ccc(-c4cccnc4)cc2C32CCCCC2)OC1(C)C. The fraction of sp³-hybridized carbons (Fsp3) is 0.414. The minimum Gasteiger partial charge on any atom is -0.399 e. The van der Waals surface area contributed by atoms with Gasteiger partial charge in [0.1, 0.15) is 0 Å². The van der Waals surface area contributed by atoms with Crippen LogP contribution >= 0.6 is 0 Å². The molecule has 33 heavy (non-hydrogen) atoms. The van der Waals surface area contributed by atoms with Crippen LogP contribution in [-0.4, -0.2) is 23.3 Å². The molecule has 0 amide bonds. The second kappa shape index (κ2) is 7.28. The van der Waals surface area contributed by atoms with Crippen molar-refractivity contribution in [1.29, 1.82) is 0 Å². The molecule has 0 unspecified atom stereocenters. The summed E-state index contributed by atoms with van der Waals surface area (Å²) in [7, 11) is -0.332. The maximum atomic E-state index is 6.38. The molecule has 1 aliphatic heterocycles. The van der Waals surface area contributed by atoms with E-state index in [-0.39, 0.29) is 23.7 Å². The Bertz CT molecular complexity index is 1200. The Kier molecular flexibility index (Phi) is 4.66. The summed E-state index contributed by atoms with van der Waals surface area (Å²) in [6.07, 6.45) is 10.2. The first kappa shape index (κ1) is 21.1. The maximum absolute atomic E-state index is 6.38. The number of pyridine rings is 1. The smallest absolute Gasteiger partial charge is 0.399 e. The molecular weight excluding hydrogens is 405 g/mol. The van der Waals surface area contributed by atoms with E-state index in [1.165, 1.54) is 65.5 Å². The Morgan fingerprint density at radius 2 is 1.52 bits per heavy atom. The summed E-state index contributed by atoms with van der Waals surface area (Å²) >= 11 is 0. The molecule has 168 valence electrons. The highest BCUT2D eigenvalue weighted by Gasteiger charge is 2.52. The predicted octanol–water partition coefficient (Wildman–Crippen LogP) is 6.28. The lowest BCUT2D eigenvalue weighted by molar-refractivity contribution is 0.00578. The topological polar surface area (TPSA) is 31.4 Å². The van der Waals surface area contributed by atoms with Gasteiger partial charge in [0.15, 0.2) is 0 Å². The Morgan fingerprint density at radius 1 is 0.758 bits per heavy atom. The van der Waals surface area contributed by atoms with E-state index in [4.69, 9.17) is 9.31 Å². The van der Waals surface area contributed by atoms with E-state index in [2.05, 4.69) is 75.1 Å². The lowest BCUT2D eigenvalue weighted by Gasteiger charge is -2.36. The molecule has 2 aliphatic carbocycles. The van der Waals surface area contributed by atoms with Gasteiger partial charge in [-0.25, -0.2) is 0 Å². The first-order chi connectivity index (χ1) is 15.8. The summed E-state index contributed by atoms with van der Waals surface area (Å²) in [5, 5.41) is 0. The summed E-state index contributed by atoms with van der Waals surface area (Å²) in [5.41, 5.74) is 8.71. The van der Waals surface area contributed by atoms with E-state index in [9.17, 15) is 0 Å². The van der Waals surface area contributed by atoms with Gasteiger partial charge in [-0.1, -0.05) is 55.7 Å². The number of rotatable bonds is 2. The second-order valence-corrected chi connectivity index (χ2v) is 11.0. The van der Waals surface area contributed by atoms with Crippen molar-refractivity contribution in [3.8, 4) is 22.3 Å². The average molecular weight is 437 g/mol. The van der Waals surface area contributed by atoms with Crippen LogP contribution < -0.4 is 5.46 Å². The molecule has 2 aromatic carbocycles. The molecule has 3 aliphatic rings. The van der Waals surface area contributed by atoms with E-state index >= 15 is 0 Å². The number of hydrogen-bond donors (Lipinski definition) is 0. The van der Waals surface area contributed by atoms with Crippen LogP contribution in [0.4, 0.5) is 0 Å². The molecule has 0 atom stereocenters. The van der Waals surface area contributed by atoms with Crippen molar-refractivity contribution >= 4 is 12.6 Å². The molecule has 1 spiro atoms. The minimum absolute atomic E-state index is 0.121. The molecule has 2 heterocycles. The first-order valence-corrected chi connectivity index (χ1v) is 12.4. The molecule has 3 nitrogen and oxygen atoms in total. The van der Waals surface area contributed by atoms with Crippen LogP contribution in [0.15, 0.2) is 60.9 Å². The number of benzene rings is 2. The van der Waals surface area contributed by atoms with Crippen molar-refractivity contribution < 1.29 is 9.31 Å². The molecule has 4 heteroatoms. The molecule has 6 rings (SSSR count). The van der Waals surface area contributed by atoms with Gasteiger partial charge in [0.25, 0.3) is 0 Å². The quantitative estimate of drug-likeness (QED) is 0.443. The number of hydrogen-bond acceptors (Lipinski definition) is 3. The molecule has 0 bridgehead atoms. The van der Waals surface area contributed by atoms with Crippen LogP contribution in [0, 0.1) is 0 Å². The fourth-order valence-corrected chi connectivity index (χ4v) is 6.05. The van der Waals surface area contributed by atoms with Crippen molar-refractivity contribution in [2.75, 3.05) is 0 Å². The second-order valence-electron chi connectivity index (χ2n) is 11.0. The van der Waals surface area contributed by atoms with Gasteiger partial charge in [0.05, 0.1) is 11.2 Å². The average Bonchev–Trinajstić information content (AvgIpc) is 3.21. The Morgan fingerprint density at radius 3 is 2.21 bits per heavy atom. The van der Waals surface area contributed by atoms with Crippen LogP contribution in [0.25, 0.3) is 22.3 Å². The van der Waals surface area contributed by atoms with Crippen molar-refractivity contribution in [2.24, 2.45) is 0 Å². The van der Waals surface area contributed by atoms with E-state index in [1.54, 1.807) is 0 Å². The number of fused-ring (bicyclic) bond motifs is 5. The number of nitrogens with zero attached hydrogens (tertiary/aromatic N) is 1. The van der Waals surface area contributed by atoms with Crippen LogP contribution in [-0.2, 0) is 14.7 Å². The predicted molar refractivity (Wildman–Crippen MR) is 135 cm³/mol. The summed E-state index contributed by atoms with van der Waals surface area (Å²) in [4.78, 5) is 4.35. The van der Waals surface area contributed by atoms with Gasteiger partial charge in [0, 0.05) is 17.8 Å². The summed E-state index contributed by atoms with van der Waals surface area (Å²) in [6.45, 7) is 8.47. The van der Waals surface area contributed by atoms with E-state index < -0.39 is 0 Å². The Labute approximate surface area is 197 Å². The zero-order chi connectivity index (χ0) is 22.8. The monoisotopic (exact) mass is 437 g/mol. The van der Waals surface area contributed by atoms with Crippen LogP contribution in [0.3, 0.4) is 0 Å². The van der Waals surface area contributed by atoms with E-state index in [0.717, 1.165) is 5.46 Å². The largest absolute Gasteiger partial charge is 0.494 e. The maximum Gasteiger partial charge on any atom is 0.494 e. The molecule has 2 fully saturated rings. The number of aromatic nitrogens is 1. The van der Waals surface area contributed by atoms with Crippen LogP contribution in [0.2, 0.25) is 0 Å². The molecule has 0 N–H and O–H groups in total. The van der Waals surface area contributed by atoms with Gasteiger partial charge < -0.3 is 9.31 Å². The summed E-state index contributed by atoms with van der Waals surface area (Å²) < 4.78 is 12.8. The Hall–Kier alpha value is -2.43. The molecule has 0 radical (unpaired) electrons. The van der Waals surface area contributed by atoms with E-state index in [1.807, 2.05) is 18.5 Å². The molecule has 1 aromatic heterocycles. The highest BCUT2D eigenvalue weighted by Crippen LogP contribution is 2.56. The van der Waals surface area contributed by atoms with Gasteiger partial charge in [-0.15, -0.1) is 0 Å². The zero-order valence-corrected chi connectivity index (χ0v) is 20.2. The van der Waals surface area contributed by atoms with Crippen molar-refractivity contribution in [1.82, 2.24) is 4.98 Å². The lowest BCUT2D eigenvalue weighted by atomic mass is 9.67. The highest BCUT2D eigenvalue weighted by atomic mass is 16.7. The minimum atomic E-state index is -0.336. The summed E-state index contributed by atoms with van der Waals surface area (Å²) in [6, 6.07) is 18.1. The molecule has 1 saturated carbocycles. The zero-order valence-electron chi connectivity index (χ0n) is 20.2. The highest BCUT2D eigenvalue weighted by molar-refractivity contribution is 6.62. The van der Waals surface area contributed by atoms with Gasteiger partial charge in [-0.05, 0) is 91.5 Å². The van der Waals surface area contributed by atoms with Gasteiger partial charge in [-0.2, -0.15) is 0 Å². The first-order valence-electron chi connectivity index (χ1n) is 12.4. The van der Waals surface area contributed by atoms with Gasteiger partial charge >= 0.3 is 7.12 Å². The lowest BCUT2D eigenvalue weighted by Crippen LogP contribution is -2.41. The Balaban J connectivity index is 1.47. The third kappa shape index (κ3) is 3.14. The van der Waals surface area contributed by atoms with Gasteiger partial charge in [0.2, 0.25) is 0 Å². The van der Waals surface area contributed by atoms with E-state index in [0.29, 0.717) is 0 Å².